The van der Waals surface area contributed by atoms with Gasteiger partial charge in [0.25, 0.3) is 0 Å². The second-order valence-corrected chi connectivity index (χ2v) is 4.95. The Balaban J connectivity index is 2.45. The molecule has 1 atom stereocenters. The van der Waals surface area contributed by atoms with Crippen LogP contribution in [0.2, 0.25) is 0 Å². The van der Waals surface area contributed by atoms with Crippen molar-refractivity contribution in [3.63, 3.8) is 0 Å². The minimum absolute atomic E-state index is 0.0264. The fraction of sp³-hybridized carbons (Fsp3) is 0.917. The Morgan fingerprint density at radius 1 is 1.44 bits per heavy atom. The molecule has 0 spiro atoms. The molecule has 0 aromatic rings. The highest BCUT2D eigenvalue weighted by Crippen LogP contribution is 2.28. The van der Waals surface area contributed by atoms with E-state index in [4.69, 9.17) is 5.73 Å². The molecule has 1 amide bonds. The first-order chi connectivity index (χ1) is 7.56. The van der Waals surface area contributed by atoms with E-state index >= 15 is 0 Å². The van der Waals surface area contributed by atoms with Gasteiger partial charge in [-0.25, -0.2) is 0 Å². The lowest BCUT2D eigenvalue weighted by Gasteiger charge is -2.28. The van der Waals surface area contributed by atoms with Gasteiger partial charge in [0.2, 0.25) is 5.91 Å². The van der Waals surface area contributed by atoms with Gasteiger partial charge in [-0.3, -0.25) is 9.69 Å². The van der Waals surface area contributed by atoms with Gasteiger partial charge in [0.05, 0.1) is 6.04 Å². The van der Waals surface area contributed by atoms with E-state index in [0.29, 0.717) is 12.6 Å². The fourth-order valence-corrected chi connectivity index (χ4v) is 1.93. The molecule has 0 aromatic carbocycles. The number of nitrogens with one attached hydrogen (secondary N) is 1. The van der Waals surface area contributed by atoms with E-state index in [1.165, 1.54) is 12.8 Å². The van der Waals surface area contributed by atoms with Crippen LogP contribution in [0.5, 0.6) is 0 Å². The molecular weight excluding hydrogens is 202 g/mol. The topological polar surface area (TPSA) is 58.4 Å². The van der Waals surface area contributed by atoms with Gasteiger partial charge in [0.15, 0.2) is 0 Å². The Kier molecular flexibility index (Phi) is 5.22. The number of nitrogens with two attached hydrogens (primary N) is 1. The van der Waals surface area contributed by atoms with Crippen LogP contribution in [0.15, 0.2) is 0 Å². The second-order valence-electron chi connectivity index (χ2n) is 4.95. The Labute approximate surface area is 98.6 Å². The molecule has 4 heteroatoms. The Hall–Kier alpha value is -0.610. The van der Waals surface area contributed by atoms with Gasteiger partial charge >= 0.3 is 0 Å². The molecule has 0 radical (unpaired) electrons. The Bertz CT molecular complexity index is 226. The maximum absolute atomic E-state index is 11.9. The van der Waals surface area contributed by atoms with Gasteiger partial charge in [0.1, 0.15) is 0 Å². The van der Waals surface area contributed by atoms with E-state index in [1.54, 1.807) is 0 Å². The average Bonchev–Trinajstić information content (AvgIpc) is 3.01. The highest BCUT2D eigenvalue weighted by atomic mass is 16.2. The van der Waals surface area contributed by atoms with Gasteiger partial charge in [-0.05, 0) is 46.6 Å². The maximum atomic E-state index is 11.9. The summed E-state index contributed by atoms with van der Waals surface area (Å²) in [6, 6.07) is 0.798. The van der Waals surface area contributed by atoms with E-state index in [1.807, 2.05) is 20.8 Å². The number of carbonyl (C=O) groups is 1. The Morgan fingerprint density at radius 3 is 2.50 bits per heavy atom. The number of hydrogen-bond acceptors (Lipinski definition) is 3. The van der Waals surface area contributed by atoms with Crippen molar-refractivity contribution in [3.05, 3.63) is 0 Å². The van der Waals surface area contributed by atoms with Gasteiger partial charge in [-0.15, -0.1) is 0 Å². The van der Waals surface area contributed by atoms with E-state index < -0.39 is 0 Å². The number of hydrogen-bond donors (Lipinski definition) is 2. The molecule has 0 aromatic heterocycles. The largest absolute Gasteiger partial charge is 0.353 e. The number of rotatable bonds is 7. The van der Waals surface area contributed by atoms with E-state index in [2.05, 4.69) is 10.2 Å². The minimum atomic E-state index is -0.0264. The molecule has 1 saturated carbocycles. The van der Waals surface area contributed by atoms with Crippen LogP contribution >= 0.6 is 0 Å². The van der Waals surface area contributed by atoms with Crippen molar-refractivity contribution in [2.45, 2.75) is 58.2 Å². The zero-order chi connectivity index (χ0) is 12.1. The molecule has 1 rings (SSSR count). The molecule has 1 fully saturated rings. The molecular formula is C12H25N3O. The average molecular weight is 227 g/mol. The first-order valence-corrected chi connectivity index (χ1v) is 6.32. The van der Waals surface area contributed by atoms with Crippen LogP contribution in [-0.2, 0) is 4.79 Å². The number of carbonyl (C=O) groups excluding carboxylic acids is 1. The Morgan fingerprint density at radius 2 is 2.06 bits per heavy atom. The first-order valence-electron chi connectivity index (χ1n) is 6.32. The van der Waals surface area contributed by atoms with Crippen molar-refractivity contribution < 1.29 is 4.79 Å². The molecule has 0 saturated heterocycles. The number of amides is 1. The van der Waals surface area contributed by atoms with E-state index in [0.717, 1.165) is 13.0 Å². The normalized spacial score (nSPS) is 17.9. The van der Waals surface area contributed by atoms with Gasteiger partial charge in [-0.2, -0.15) is 0 Å². The molecule has 94 valence electrons. The highest BCUT2D eigenvalue weighted by Gasteiger charge is 2.34. The van der Waals surface area contributed by atoms with Crippen LogP contribution in [0.4, 0.5) is 0 Å². The van der Waals surface area contributed by atoms with Crippen molar-refractivity contribution in [1.29, 1.82) is 0 Å². The third kappa shape index (κ3) is 4.10. The van der Waals surface area contributed by atoms with Crippen LogP contribution in [-0.4, -0.2) is 42.0 Å². The van der Waals surface area contributed by atoms with Crippen molar-refractivity contribution in [3.8, 4) is 0 Å². The molecule has 1 unspecified atom stereocenters. The molecule has 0 bridgehead atoms. The van der Waals surface area contributed by atoms with Crippen molar-refractivity contribution in [2.75, 3.05) is 13.1 Å². The summed E-state index contributed by atoms with van der Waals surface area (Å²) in [7, 11) is 0. The molecule has 1 aliphatic rings. The summed E-state index contributed by atoms with van der Waals surface area (Å²) < 4.78 is 0. The molecule has 16 heavy (non-hydrogen) atoms. The maximum Gasteiger partial charge on any atom is 0.237 e. The molecule has 4 nitrogen and oxygen atoms in total. The third-order valence-electron chi connectivity index (χ3n) is 2.94. The summed E-state index contributed by atoms with van der Waals surface area (Å²) in [6.07, 6.45) is 3.42. The van der Waals surface area contributed by atoms with Gasteiger partial charge in [-0.1, -0.05) is 0 Å². The zero-order valence-electron chi connectivity index (χ0n) is 10.7. The lowest BCUT2D eigenvalue weighted by Crippen LogP contribution is -2.48. The van der Waals surface area contributed by atoms with Crippen LogP contribution < -0.4 is 11.1 Å². The lowest BCUT2D eigenvalue weighted by molar-refractivity contribution is -0.126. The first kappa shape index (κ1) is 13.5. The molecule has 3 N–H and O–H groups in total. The predicted molar refractivity (Wildman–Crippen MR) is 66.1 cm³/mol. The van der Waals surface area contributed by atoms with Crippen LogP contribution in [0.1, 0.15) is 40.0 Å². The standard InChI is InChI=1S/C12H25N3O/c1-9(2)14-12(16)10(3)15(8-4-7-13)11-5-6-11/h9-11H,4-8,13H2,1-3H3,(H,14,16). The lowest BCUT2D eigenvalue weighted by atomic mass is 10.2. The number of nitrogens with zero attached hydrogens (tertiary/aromatic N) is 1. The smallest absolute Gasteiger partial charge is 0.237 e. The zero-order valence-corrected chi connectivity index (χ0v) is 10.7. The third-order valence-corrected chi connectivity index (χ3v) is 2.94. The van der Waals surface area contributed by atoms with Crippen LogP contribution in [0.3, 0.4) is 0 Å². The SMILES string of the molecule is CC(C)NC(=O)C(C)N(CCCN)C1CC1. The molecule has 0 aliphatic heterocycles. The van der Waals surface area contributed by atoms with E-state index in [-0.39, 0.29) is 18.0 Å². The monoisotopic (exact) mass is 227 g/mol. The quantitative estimate of drug-likeness (QED) is 0.673. The van der Waals surface area contributed by atoms with E-state index in [9.17, 15) is 4.79 Å². The van der Waals surface area contributed by atoms with Crippen molar-refractivity contribution in [2.24, 2.45) is 5.73 Å². The molecule has 1 aliphatic carbocycles. The van der Waals surface area contributed by atoms with Crippen LogP contribution in [0, 0.1) is 0 Å². The summed E-state index contributed by atoms with van der Waals surface area (Å²) in [4.78, 5) is 14.2. The van der Waals surface area contributed by atoms with Crippen molar-refractivity contribution >= 4 is 5.91 Å². The summed E-state index contributed by atoms with van der Waals surface area (Å²) >= 11 is 0. The van der Waals surface area contributed by atoms with Gasteiger partial charge < -0.3 is 11.1 Å². The molecule has 0 heterocycles. The summed E-state index contributed by atoms with van der Waals surface area (Å²) in [5.41, 5.74) is 5.53. The van der Waals surface area contributed by atoms with Crippen molar-refractivity contribution in [1.82, 2.24) is 10.2 Å². The summed E-state index contributed by atoms with van der Waals surface area (Å²) in [5, 5.41) is 2.97. The highest BCUT2D eigenvalue weighted by molar-refractivity contribution is 5.81. The summed E-state index contributed by atoms with van der Waals surface area (Å²) in [6.45, 7) is 7.61. The fourth-order valence-electron chi connectivity index (χ4n) is 1.93. The minimum Gasteiger partial charge on any atom is -0.353 e. The second kappa shape index (κ2) is 6.21. The predicted octanol–water partition coefficient (Wildman–Crippen LogP) is 0.713. The van der Waals surface area contributed by atoms with Crippen LogP contribution in [0.25, 0.3) is 0 Å². The summed E-state index contributed by atoms with van der Waals surface area (Å²) in [5.74, 6) is 0.138. The van der Waals surface area contributed by atoms with Gasteiger partial charge in [0, 0.05) is 18.6 Å².